The number of halogens is 3. The number of rotatable bonds is 7. The van der Waals surface area contributed by atoms with Gasteiger partial charge in [-0.15, -0.1) is 0 Å². The summed E-state index contributed by atoms with van der Waals surface area (Å²) in [7, 11) is -4.35. The van der Waals surface area contributed by atoms with Crippen LogP contribution in [0.2, 0.25) is 5.02 Å². The number of benzene rings is 2. The van der Waals surface area contributed by atoms with Gasteiger partial charge in [0.15, 0.2) is 5.03 Å². The lowest BCUT2D eigenvalue weighted by molar-refractivity contribution is 0.0713. The normalized spacial score (nSPS) is 14.2. The monoisotopic (exact) mass is 601 g/mol. The van der Waals surface area contributed by atoms with Crippen LogP contribution in [0.3, 0.4) is 0 Å². The summed E-state index contributed by atoms with van der Waals surface area (Å²) in [5, 5.41) is 5.82. The Morgan fingerprint density at radius 2 is 1.73 bits per heavy atom. The molecule has 13 heteroatoms. The maximum absolute atomic E-state index is 13.8. The van der Waals surface area contributed by atoms with Gasteiger partial charge in [0.25, 0.3) is 15.9 Å². The van der Waals surface area contributed by atoms with E-state index < -0.39 is 26.8 Å². The largest absolute Gasteiger partial charge is 0.353 e. The SMILES string of the molecule is Cc1cc(NS(=O)(=O)c2ncc(C(=O)N3CCC(c4ccc(F)cc4)CC3)c(Nc3ccc(F)cc3C)c2Cl)on1. The van der Waals surface area contributed by atoms with E-state index in [0.717, 1.165) is 11.8 Å². The summed E-state index contributed by atoms with van der Waals surface area (Å²) in [5.41, 5.74) is 2.45. The number of aryl methyl sites for hydroxylation is 2. The average Bonchev–Trinajstić information content (AvgIpc) is 3.34. The van der Waals surface area contributed by atoms with Crippen molar-refractivity contribution in [2.24, 2.45) is 0 Å². The lowest BCUT2D eigenvalue weighted by Gasteiger charge is -2.33. The third-order valence-electron chi connectivity index (χ3n) is 6.91. The van der Waals surface area contributed by atoms with E-state index in [1.54, 1.807) is 30.9 Å². The van der Waals surface area contributed by atoms with Crippen LogP contribution in [0.1, 0.15) is 45.9 Å². The van der Waals surface area contributed by atoms with Crippen molar-refractivity contribution >= 4 is 44.8 Å². The number of likely N-dealkylation sites (tertiary alicyclic amines) is 1. The molecule has 41 heavy (non-hydrogen) atoms. The lowest BCUT2D eigenvalue weighted by Crippen LogP contribution is -2.38. The number of hydrogen-bond donors (Lipinski definition) is 2. The number of amides is 1. The summed E-state index contributed by atoms with van der Waals surface area (Å²) in [5.74, 6) is -1.13. The summed E-state index contributed by atoms with van der Waals surface area (Å²) >= 11 is 6.64. The van der Waals surface area contributed by atoms with Crippen molar-refractivity contribution in [3.05, 3.63) is 93.8 Å². The van der Waals surface area contributed by atoms with Crippen molar-refractivity contribution in [1.82, 2.24) is 15.0 Å². The standard InChI is InChI=1S/C28H26ClF2N5O4S/c1-16-13-21(31)7-8-23(16)33-26-22(15-32-27(25(26)29)41(38,39)35-24-14-17(2)34-40-24)28(37)36-11-9-19(10-12-36)18-3-5-20(30)6-4-18/h3-8,13-15,19,35H,9-12H2,1-2H3,(H,32,33). The number of sulfonamides is 1. The zero-order chi connectivity index (χ0) is 29.3. The van der Waals surface area contributed by atoms with Gasteiger partial charge in [-0.2, -0.15) is 8.42 Å². The molecule has 0 spiro atoms. The highest BCUT2D eigenvalue weighted by molar-refractivity contribution is 7.92. The minimum atomic E-state index is -4.35. The molecule has 0 bridgehead atoms. The van der Waals surface area contributed by atoms with Crippen LogP contribution in [-0.4, -0.2) is 42.5 Å². The number of carbonyl (C=O) groups excluding carboxylic acids is 1. The van der Waals surface area contributed by atoms with Gasteiger partial charge >= 0.3 is 0 Å². The van der Waals surface area contributed by atoms with E-state index in [1.165, 1.54) is 36.4 Å². The molecule has 3 heterocycles. The summed E-state index contributed by atoms with van der Waals surface area (Å²) < 4.78 is 60.7. The van der Waals surface area contributed by atoms with Gasteiger partial charge in [0.1, 0.15) is 16.7 Å². The Bertz CT molecular complexity index is 1710. The van der Waals surface area contributed by atoms with Crippen LogP contribution in [0.5, 0.6) is 0 Å². The van der Waals surface area contributed by atoms with Gasteiger partial charge in [-0.05, 0) is 74.1 Å². The third kappa shape index (κ3) is 6.18. The van der Waals surface area contributed by atoms with Gasteiger partial charge < -0.3 is 14.7 Å². The second-order valence-electron chi connectivity index (χ2n) is 9.81. The molecule has 2 aromatic heterocycles. The zero-order valence-electron chi connectivity index (χ0n) is 22.1. The minimum Gasteiger partial charge on any atom is -0.353 e. The predicted molar refractivity (Wildman–Crippen MR) is 150 cm³/mol. The molecule has 0 unspecified atom stereocenters. The molecule has 0 aliphatic carbocycles. The number of aromatic nitrogens is 2. The Hall–Kier alpha value is -4.03. The lowest BCUT2D eigenvalue weighted by atomic mass is 9.89. The molecule has 4 aromatic rings. The smallest absolute Gasteiger partial charge is 0.283 e. The van der Waals surface area contributed by atoms with E-state index in [0.29, 0.717) is 42.9 Å². The fourth-order valence-corrected chi connectivity index (χ4v) is 6.25. The van der Waals surface area contributed by atoms with Crippen molar-refractivity contribution in [2.45, 2.75) is 37.6 Å². The highest BCUT2D eigenvalue weighted by atomic mass is 35.5. The molecular weight excluding hydrogens is 576 g/mol. The predicted octanol–water partition coefficient (Wildman–Crippen LogP) is 6.18. The van der Waals surface area contributed by atoms with Crippen molar-refractivity contribution < 1.29 is 26.5 Å². The van der Waals surface area contributed by atoms with E-state index in [1.807, 2.05) is 0 Å². The third-order valence-corrected chi connectivity index (χ3v) is 8.68. The van der Waals surface area contributed by atoms with Crippen LogP contribution in [-0.2, 0) is 10.0 Å². The minimum absolute atomic E-state index is 0.0103. The van der Waals surface area contributed by atoms with Crippen molar-refractivity contribution in [3.63, 3.8) is 0 Å². The van der Waals surface area contributed by atoms with Gasteiger partial charge in [-0.1, -0.05) is 28.9 Å². The van der Waals surface area contributed by atoms with E-state index in [4.69, 9.17) is 16.1 Å². The fraction of sp³-hybridized carbons (Fsp3) is 0.250. The number of nitrogens with zero attached hydrogens (tertiary/aromatic N) is 3. The number of pyridine rings is 1. The quantitative estimate of drug-likeness (QED) is 0.260. The van der Waals surface area contributed by atoms with Gasteiger partial charge in [0.05, 0.1) is 16.9 Å². The molecular formula is C28H26ClF2N5O4S. The van der Waals surface area contributed by atoms with Crippen molar-refractivity contribution in [3.8, 4) is 0 Å². The van der Waals surface area contributed by atoms with E-state index in [9.17, 15) is 22.0 Å². The van der Waals surface area contributed by atoms with Crippen LogP contribution in [0, 0.1) is 25.5 Å². The summed E-state index contributed by atoms with van der Waals surface area (Å²) in [6, 6.07) is 11.7. The molecule has 9 nitrogen and oxygen atoms in total. The molecule has 1 aliphatic heterocycles. The Morgan fingerprint density at radius 1 is 1.05 bits per heavy atom. The molecule has 1 saturated heterocycles. The topological polar surface area (TPSA) is 117 Å². The first-order valence-electron chi connectivity index (χ1n) is 12.7. The molecule has 1 fully saturated rings. The van der Waals surface area contributed by atoms with Crippen LogP contribution in [0.15, 0.2) is 64.3 Å². The van der Waals surface area contributed by atoms with Crippen molar-refractivity contribution in [1.29, 1.82) is 0 Å². The zero-order valence-corrected chi connectivity index (χ0v) is 23.7. The average molecular weight is 602 g/mol. The van der Waals surface area contributed by atoms with Gasteiger partial charge in [-0.25, -0.2) is 18.5 Å². The Morgan fingerprint density at radius 3 is 2.37 bits per heavy atom. The Balaban J connectivity index is 1.47. The second kappa shape index (κ2) is 11.5. The van der Waals surface area contributed by atoms with Crippen LogP contribution < -0.4 is 10.0 Å². The second-order valence-corrected chi connectivity index (χ2v) is 11.8. The van der Waals surface area contributed by atoms with Gasteiger partial charge in [0, 0.05) is 31.0 Å². The number of hydrogen-bond acceptors (Lipinski definition) is 7. The Kier molecular flexibility index (Phi) is 7.96. The van der Waals surface area contributed by atoms with Crippen molar-refractivity contribution in [2.75, 3.05) is 23.1 Å². The molecule has 1 amide bonds. The first-order valence-corrected chi connectivity index (χ1v) is 14.6. The van der Waals surface area contributed by atoms with Gasteiger partial charge in [0.2, 0.25) is 5.88 Å². The first-order chi connectivity index (χ1) is 19.5. The molecule has 0 saturated carbocycles. The Labute approximate surface area is 240 Å². The summed E-state index contributed by atoms with van der Waals surface area (Å²) in [6.45, 7) is 4.12. The maximum atomic E-state index is 13.8. The molecule has 2 N–H and O–H groups in total. The maximum Gasteiger partial charge on any atom is 0.283 e. The molecule has 0 atom stereocenters. The first kappa shape index (κ1) is 28.5. The highest BCUT2D eigenvalue weighted by Crippen LogP contribution is 2.37. The van der Waals surface area contributed by atoms with Crippen LogP contribution in [0.4, 0.5) is 26.0 Å². The summed E-state index contributed by atoms with van der Waals surface area (Å²) in [6.07, 6.45) is 2.47. The number of nitrogens with one attached hydrogen (secondary N) is 2. The fourth-order valence-electron chi connectivity index (χ4n) is 4.76. The van der Waals surface area contributed by atoms with E-state index >= 15 is 0 Å². The molecule has 2 aromatic carbocycles. The number of carbonyl (C=O) groups is 1. The number of piperidine rings is 1. The molecule has 0 radical (unpaired) electrons. The molecule has 214 valence electrons. The van der Waals surface area contributed by atoms with Gasteiger partial charge in [-0.3, -0.25) is 4.79 Å². The van der Waals surface area contributed by atoms with E-state index in [2.05, 4.69) is 20.2 Å². The molecule has 5 rings (SSSR count). The van der Waals surface area contributed by atoms with Crippen LogP contribution in [0.25, 0.3) is 0 Å². The molecule has 1 aliphatic rings. The summed E-state index contributed by atoms with van der Waals surface area (Å²) in [4.78, 5) is 19.4. The number of anilines is 3. The highest BCUT2D eigenvalue weighted by Gasteiger charge is 2.31. The van der Waals surface area contributed by atoms with E-state index in [-0.39, 0.29) is 33.9 Å². The van der Waals surface area contributed by atoms with Crippen LogP contribution >= 0.6 is 11.6 Å².